The van der Waals surface area contributed by atoms with E-state index in [9.17, 15) is 13.2 Å². The van der Waals surface area contributed by atoms with Gasteiger partial charge in [0.15, 0.2) is 0 Å². The van der Waals surface area contributed by atoms with E-state index in [0.29, 0.717) is 11.8 Å². The van der Waals surface area contributed by atoms with E-state index in [4.69, 9.17) is 0 Å². The summed E-state index contributed by atoms with van der Waals surface area (Å²) in [5, 5.41) is 2.70. The fourth-order valence-electron chi connectivity index (χ4n) is 2.94. The molecule has 0 radical (unpaired) electrons. The summed E-state index contributed by atoms with van der Waals surface area (Å²) >= 11 is 0. The Kier molecular flexibility index (Phi) is 4.77. The molecule has 2 rings (SSSR count). The number of nitrogens with one attached hydrogen (secondary N) is 1. The molecular formula is C14H25F3N2. The number of hydrogen-bond donors (Lipinski definition) is 1. The topological polar surface area (TPSA) is 15.3 Å². The fourth-order valence-corrected chi connectivity index (χ4v) is 2.94. The average molecular weight is 278 g/mol. The molecule has 0 amide bonds. The van der Waals surface area contributed by atoms with Gasteiger partial charge in [-0.2, -0.15) is 13.2 Å². The first-order chi connectivity index (χ1) is 8.83. The van der Waals surface area contributed by atoms with E-state index in [1.54, 1.807) is 0 Å². The highest BCUT2D eigenvalue weighted by Crippen LogP contribution is 2.32. The Morgan fingerprint density at radius 3 is 2.42 bits per heavy atom. The molecule has 19 heavy (non-hydrogen) atoms. The smallest absolute Gasteiger partial charge is 0.305 e. The van der Waals surface area contributed by atoms with Crippen molar-refractivity contribution in [1.29, 1.82) is 0 Å². The lowest BCUT2D eigenvalue weighted by Crippen LogP contribution is -2.52. The van der Waals surface area contributed by atoms with E-state index >= 15 is 0 Å². The van der Waals surface area contributed by atoms with Gasteiger partial charge in [0.25, 0.3) is 0 Å². The number of likely N-dealkylation sites (tertiary alicyclic amines) is 1. The van der Waals surface area contributed by atoms with Crippen LogP contribution in [0.1, 0.15) is 33.1 Å². The summed E-state index contributed by atoms with van der Waals surface area (Å²) in [6.45, 7) is 6.39. The summed E-state index contributed by atoms with van der Waals surface area (Å²) in [7, 11) is 0. The van der Waals surface area contributed by atoms with Crippen LogP contribution in [0.25, 0.3) is 0 Å². The van der Waals surface area contributed by atoms with Crippen LogP contribution in [0.2, 0.25) is 0 Å². The Labute approximate surface area is 113 Å². The van der Waals surface area contributed by atoms with Crippen LogP contribution in [0.4, 0.5) is 13.2 Å². The molecule has 5 heteroatoms. The number of hydrogen-bond acceptors (Lipinski definition) is 2. The summed E-state index contributed by atoms with van der Waals surface area (Å²) < 4.78 is 36.9. The molecule has 0 spiro atoms. The zero-order valence-corrected chi connectivity index (χ0v) is 11.8. The summed E-state index contributed by atoms with van der Waals surface area (Å²) in [4.78, 5) is 2.37. The van der Waals surface area contributed by atoms with Crippen molar-refractivity contribution in [3.63, 3.8) is 0 Å². The molecule has 0 bridgehead atoms. The molecule has 2 fully saturated rings. The van der Waals surface area contributed by atoms with Crippen molar-refractivity contribution in [3.8, 4) is 0 Å². The molecule has 0 aromatic carbocycles. The van der Waals surface area contributed by atoms with Crippen LogP contribution in [0.5, 0.6) is 0 Å². The Morgan fingerprint density at radius 1 is 1.21 bits per heavy atom. The molecule has 2 nitrogen and oxygen atoms in total. The van der Waals surface area contributed by atoms with Crippen molar-refractivity contribution in [1.82, 2.24) is 10.2 Å². The van der Waals surface area contributed by atoms with Crippen molar-refractivity contribution >= 4 is 0 Å². The third-order valence-corrected chi connectivity index (χ3v) is 4.31. The van der Waals surface area contributed by atoms with Crippen LogP contribution in [-0.4, -0.2) is 43.3 Å². The maximum atomic E-state index is 12.3. The predicted octanol–water partition coefficient (Wildman–Crippen LogP) is 2.89. The first-order valence-corrected chi connectivity index (χ1v) is 7.36. The maximum Gasteiger partial charge on any atom is 0.401 e. The fraction of sp³-hybridized carbons (Fsp3) is 1.00. The van der Waals surface area contributed by atoms with Crippen molar-refractivity contribution in [2.24, 2.45) is 17.8 Å². The molecule has 1 aliphatic heterocycles. The zero-order chi connectivity index (χ0) is 14.0. The van der Waals surface area contributed by atoms with Gasteiger partial charge in [-0.1, -0.05) is 13.8 Å². The van der Waals surface area contributed by atoms with Crippen LogP contribution < -0.4 is 5.32 Å². The van der Waals surface area contributed by atoms with Gasteiger partial charge in [-0.3, -0.25) is 0 Å². The molecule has 112 valence electrons. The SMILES string of the molecule is CC(C)C1CC(NCC(F)(F)F)CN(CC2CC2)C1. The molecule has 2 unspecified atom stereocenters. The van der Waals surface area contributed by atoms with Gasteiger partial charge in [0.05, 0.1) is 6.54 Å². The molecule has 1 N–H and O–H groups in total. The van der Waals surface area contributed by atoms with Crippen molar-refractivity contribution in [3.05, 3.63) is 0 Å². The van der Waals surface area contributed by atoms with E-state index in [-0.39, 0.29) is 6.04 Å². The minimum Gasteiger partial charge on any atom is -0.305 e. The Balaban J connectivity index is 1.85. The van der Waals surface area contributed by atoms with E-state index in [1.807, 2.05) is 0 Å². The third kappa shape index (κ3) is 5.30. The number of alkyl halides is 3. The molecule has 2 aliphatic rings. The zero-order valence-electron chi connectivity index (χ0n) is 11.8. The summed E-state index contributed by atoms with van der Waals surface area (Å²) in [5.74, 6) is 1.85. The molecule has 1 saturated carbocycles. The lowest BCUT2D eigenvalue weighted by Gasteiger charge is -2.40. The van der Waals surface area contributed by atoms with Crippen LogP contribution in [-0.2, 0) is 0 Å². The number of piperidine rings is 1. The second-order valence-corrected chi connectivity index (χ2v) is 6.59. The molecule has 1 heterocycles. The van der Waals surface area contributed by atoms with E-state index in [1.165, 1.54) is 12.8 Å². The lowest BCUT2D eigenvalue weighted by atomic mass is 9.85. The number of rotatable bonds is 5. The average Bonchev–Trinajstić information content (AvgIpc) is 3.09. The predicted molar refractivity (Wildman–Crippen MR) is 70.0 cm³/mol. The number of nitrogens with zero attached hydrogens (tertiary/aromatic N) is 1. The second kappa shape index (κ2) is 6.00. The van der Waals surface area contributed by atoms with Crippen LogP contribution in [0, 0.1) is 17.8 Å². The van der Waals surface area contributed by atoms with Crippen LogP contribution >= 0.6 is 0 Å². The highest BCUT2D eigenvalue weighted by molar-refractivity contribution is 4.88. The highest BCUT2D eigenvalue weighted by Gasteiger charge is 2.34. The Hall–Kier alpha value is -0.290. The first kappa shape index (κ1) is 15.1. The van der Waals surface area contributed by atoms with Gasteiger partial charge >= 0.3 is 6.18 Å². The first-order valence-electron chi connectivity index (χ1n) is 7.36. The largest absolute Gasteiger partial charge is 0.401 e. The van der Waals surface area contributed by atoms with E-state index in [2.05, 4.69) is 24.1 Å². The molecule has 1 aliphatic carbocycles. The summed E-state index contributed by atoms with van der Waals surface area (Å²) in [6, 6.07) is -0.0125. The summed E-state index contributed by atoms with van der Waals surface area (Å²) in [5.41, 5.74) is 0. The van der Waals surface area contributed by atoms with Gasteiger partial charge in [-0.05, 0) is 37.0 Å². The molecular weight excluding hydrogens is 253 g/mol. The van der Waals surface area contributed by atoms with Gasteiger partial charge in [0.2, 0.25) is 0 Å². The minimum atomic E-state index is -4.11. The number of halogens is 3. The second-order valence-electron chi connectivity index (χ2n) is 6.59. The summed E-state index contributed by atoms with van der Waals surface area (Å²) in [6.07, 6.45) is -0.645. The molecule has 0 aromatic rings. The van der Waals surface area contributed by atoms with Crippen LogP contribution in [0.15, 0.2) is 0 Å². The van der Waals surface area contributed by atoms with Crippen molar-refractivity contribution in [2.75, 3.05) is 26.2 Å². The minimum absolute atomic E-state index is 0.0125. The lowest BCUT2D eigenvalue weighted by molar-refractivity contribution is -0.127. The Morgan fingerprint density at radius 2 is 1.89 bits per heavy atom. The van der Waals surface area contributed by atoms with Gasteiger partial charge in [0.1, 0.15) is 0 Å². The highest BCUT2D eigenvalue weighted by atomic mass is 19.4. The molecule has 0 aromatic heterocycles. The Bertz CT molecular complexity index is 287. The van der Waals surface area contributed by atoms with Crippen molar-refractivity contribution in [2.45, 2.75) is 45.3 Å². The third-order valence-electron chi connectivity index (χ3n) is 4.31. The standard InChI is InChI=1S/C14H25F3N2/c1-10(2)12-5-13(18-9-14(15,16)17)8-19(7-12)6-11-3-4-11/h10-13,18H,3-9H2,1-2H3. The van der Waals surface area contributed by atoms with Gasteiger partial charge in [-0.25, -0.2) is 0 Å². The van der Waals surface area contributed by atoms with Gasteiger partial charge in [-0.15, -0.1) is 0 Å². The maximum absolute atomic E-state index is 12.3. The van der Waals surface area contributed by atoms with E-state index in [0.717, 1.165) is 32.0 Å². The normalized spacial score (nSPS) is 30.0. The quantitative estimate of drug-likeness (QED) is 0.832. The molecule has 1 saturated heterocycles. The monoisotopic (exact) mass is 278 g/mol. The van der Waals surface area contributed by atoms with Gasteiger partial charge < -0.3 is 10.2 Å². The van der Waals surface area contributed by atoms with Gasteiger partial charge in [0, 0.05) is 25.7 Å². The molecule has 2 atom stereocenters. The van der Waals surface area contributed by atoms with E-state index < -0.39 is 12.7 Å². The van der Waals surface area contributed by atoms with Crippen molar-refractivity contribution < 1.29 is 13.2 Å². The van der Waals surface area contributed by atoms with Crippen LogP contribution in [0.3, 0.4) is 0 Å².